The van der Waals surface area contributed by atoms with Crippen LogP contribution in [0.15, 0.2) is 18.3 Å². The van der Waals surface area contributed by atoms with E-state index in [0.717, 1.165) is 0 Å². The van der Waals surface area contributed by atoms with Crippen LogP contribution in [0.1, 0.15) is 5.69 Å². The Balaban J connectivity index is 2.86. The lowest BCUT2D eigenvalue weighted by atomic mass is 10.3. The standard InChI is InChI=1S/C6H7N3O2/c7-5-2-1-3-8-6(5)4-9(10)11/h1-3H,4,7H2. The fourth-order valence-electron chi connectivity index (χ4n) is 0.705. The van der Waals surface area contributed by atoms with Gasteiger partial charge in [-0.05, 0) is 12.1 Å². The van der Waals surface area contributed by atoms with Gasteiger partial charge in [0, 0.05) is 11.1 Å². The van der Waals surface area contributed by atoms with E-state index in [1.165, 1.54) is 6.20 Å². The highest BCUT2D eigenvalue weighted by molar-refractivity contribution is 5.41. The minimum atomic E-state index is -0.460. The number of nitrogens with two attached hydrogens (primary N) is 1. The van der Waals surface area contributed by atoms with Crippen molar-refractivity contribution in [3.63, 3.8) is 0 Å². The van der Waals surface area contributed by atoms with Crippen LogP contribution in [-0.2, 0) is 6.54 Å². The first-order chi connectivity index (χ1) is 5.20. The van der Waals surface area contributed by atoms with Crippen LogP contribution in [0.2, 0.25) is 0 Å². The minimum Gasteiger partial charge on any atom is -0.397 e. The van der Waals surface area contributed by atoms with Gasteiger partial charge < -0.3 is 5.73 Å². The van der Waals surface area contributed by atoms with Crippen LogP contribution in [0, 0.1) is 10.1 Å². The van der Waals surface area contributed by atoms with E-state index >= 15 is 0 Å². The zero-order chi connectivity index (χ0) is 8.27. The Bertz CT molecular complexity index is 274. The number of hydrogen-bond donors (Lipinski definition) is 1. The number of nitrogens with zero attached hydrogens (tertiary/aromatic N) is 2. The first-order valence-corrected chi connectivity index (χ1v) is 3.01. The predicted molar refractivity (Wildman–Crippen MR) is 39.3 cm³/mol. The van der Waals surface area contributed by atoms with Crippen molar-refractivity contribution in [3.05, 3.63) is 34.1 Å². The van der Waals surface area contributed by atoms with E-state index in [0.29, 0.717) is 11.4 Å². The number of hydrogen-bond acceptors (Lipinski definition) is 4. The fourth-order valence-corrected chi connectivity index (χ4v) is 0.705. The van der Waals surface area contributed by atoms with Gasteiger partial charge in [-0.15, -0.1) is 0 Å². The van der Waals surface area contributed by atoms with E-state index in [1.54, 1.807) is 12.1 Å². The van der Waals surface area contributed by atoms with Crippen molar-refractivity contribution in [2.24, 2.45) is 0 Å². The summed E-state index contributed by atoms with van der Waals surface area (Å²) in [6.07, 6.45) is 1.48. The van der Waals surface area contributed by atoms with Gasteiger partial charge in [-0.25, -0.2) is 0 Å². The monoisotopic (exact) mass is 153 g/mol. The molecular weight excluding hydrogens is 146 g/mol. The molecule has 0 unspecified atom stereocenters. The summed E-state index contributed by atoms with van der Waals surface area (Å²) in [4.78, 5) is 13.3. The van der Waals surface area contributed by atoms with E-state index in [1.807, 2.05) is 0 Å². The molecule has 0 radical (unpaired) electrons. The van der Waals surface area contributed by atoms with Crippen LogP contribution < -0.4 is 5.73 Å². The molecule has 2 N–H and O–H groups in total. The third-order valence-corrected chi connectivity index (χ3v) is 1.20. The summed E-state index contributed by atoms with van der Waals surface area (Å²) in [7, 11) is 0. The van der Waals surface area contributed by atoms with Gasteiger partial charge in [0.05, 0.1) is 5.69 Å². The molecule has 58 valence electrons. The van der Waals surface area contributed by atoms with E-state index in [2.05, 4.69) is 4.98 Å². The molecule has 0 spiro atoms. The van der Waals surface area contributed by atoms with Gasteiger partial charge in [0.1, 0.15) is 5.69 Å². The Kier molecular flexibility index (Phi) is 2.00. The molecule has 5 nitrogen and oxygen atoms in total. The summed E-state index contributed by atoms with van der Waals surface area (Å²) in [5.41, 5.74) is 6.08. The highest BCUT2D eigenvalue weighted by Crippen LogP contribution is 2.06. The molecule has 11 heavy (non-hydrogen) atoms. The molecule has 0 atom stereocenters. The van der Waals surface area contributed by atoms with Gasteiger partial charge in [-0.3, -0.25) is 15.1 Å². The van der Waals surface area contributed by atoms with E-state index in [4.69, 9.17) is 5.73 Å². The molecule has 0 aliphatic carbocycles. The minimum absolute atomic E-state index is 0.313. The molecule has 1 aromatic rings. The van der Waals surface area contributed by atoms with Crippen molar-refractivity contribution in [2.45, 2.75) is 6.54 Å². The predicted octanol–water partition coefficient (Wildman–Crippen LogP) is 0.441. The van der Waals surface area contributed by atoms with Crippen molar-refractivity contribution in [1.29, 1.82) is 0 Å². The highest BCUT2D eigenvalue weighted by atomic mass is 16.6. The normalized spacial score (nSPS) is 9.45. The Morgan fingerprint density at radius 2 is 2.45 bits per heavy atom. The molecular formula is C6H7N3O2. The maximum absolute atomic E-state index is 10.0. The zero-order valence-corrected chi connectivity index (χ0v) is 5.73. The summed E-state index contributed by atoms with van der Waals surface area (Å²) in [6, 6.07) is 3.23. The van der Waals surface area contributed by atoms with Gasteiger partial charge >= 0.3 is 0 Å². The van der Waals surface area contributed by atoms with Crippen molar-refractivity contribution < 1.29 is 4.92 Å². The number of nitro groups is 1. The molecule has 0 aliphatic rings. The molecule has 0 aliphatic heterocycles. The van der Waals surface area contributed by atoms with Crippen LogP contribution in [0.25, 0.3) is 0 Å². The lowest BCUT2D eigenvalue weighted by Crippen LogP contribution is -2.04. The Hall–Kier alpha value is -1.65. The first-order valence-electron chi connectivity index (χ1n) is 3.01. The lowest BCUT2D eigenvalue weighted by Gasteiger charge is -1.96. The van der Waals surface area contributed by atoms with Crippen LogP contribution >= 0.6 is 0 Å². The van der Waals surface area contributed by atoms with Crippen LogP contribution in [0.3, 0.4) is 0 Å². The van der Waals surface area contributed by atoms with E-state index in [-0.39, 0.29) is 6.54 Å². The highest BCUT2D eigenvalue weighted by Gasteiger charge is 2.05. The maximum Gasteiger partial charge on any atom is 0.247 e. The van der Waals surface area contributed by atoms with Crippen LogP contribution in [0.5, 0.6) is 0 Å². The second kappa shape index (κ2) is 2.96. The Morgan fingerprint density at radius 3 is 3.00 bits per heavy atom. The molecule has 1 rings (SSSR count). The third-order valence-electron chi connectivity index (χ3n) is 1.20. The van der Waals surface area contributed by atoms with Gasteiger partial charge in [0.2, 0.25) is 6.54 Å². The zero-order valence-electron chi connectivity index (χ0n) is 5.73. The van der Waals surface area contributed by atoms with Crippen LogP contribution in [-0.4, -0.2) is 9.91 Å². The number of anilines is 1. The summed E-state index contributed by atoms with van der Waals surface area (Å²) < 4.78 is 0. The fraction of sp³-hybridized carbons (Fsp3) is 0.167. The number of aromatic nitrogens is 1. The molecule has 0 aromatic carbocycles. The second-order valence-corrected chi connectivity index (χ2v) is 2.03. The molecule has 5 heteroatoms. The number of pyridine rings is 1. The molecule has 0 saturated carbocycles. The van der Waals surface area contributed by atoms with Crippen molar-refractivity contribution in [1.82, 2.24) is 4.98 Å². The Labute approximate surface area is 63.0 Å². The second-order valence-electron chi connectivity index (χ2n) is 2.03. The molecule has 0 saturated heterocycles. The largest absolute Gasteiger partial charge is 0.397 e. The SMILES string of the molecule is Nc1cccnc1C[N+](=O)[O-]. The van der Waals surface area contributed by atoms with Gasteiger partial charge in [-0.1, -0.05) is 0 Å². The van der Waals surface area contributed by atoms with Crippen molar-refractivity contribution in [3.8, 4) is 0 Å². The third kappa shape index (κ3) is 1.89. The van der Waals surface area contributed by atoms with E-state index < -0.39 is 4.92 Å². The summed E-state index contributed by atoms with van der Waals surface area (Å²) in [6.45, 7) is -0.313. The average molecular weight is 153 g/mol. The quantitative estimate of drug-likeness (QED) is 0.493. The van der Waals surface area contributed by atoms with Gasteiger partial charge in [-0.2, -0.15) is 0 Å². The number of nitrogen functional groups attached to an aromatic ring is 1. The first kappa shape index (κ1) is 7.46. The molecule has 0 bridgehead atoms. The molecule has 1 aromatic heterocycles. The summed E-state index contributed by atoms with van der Waals surface area (Å²) >= 11 is 0. The topological polar surface area (TPSA) is 82.0 Å². The average Bonchev–Trinajstić information content (AvgIpc) is 1.93. The van der Waals surface area contributed by atoms with Crippen molar-refractivity contribution in [2.75, 3.05) is 5.73 Å². The molecule has 0 amide bonds. The molecule has 0 fully saturated rings. The summed E-state index contributed by atoms with van der Waals surface area (Å²) in [5, 5.41) is 10.0. The lowest BCUT2D eigenvalue weighted by molar-refractivity contribution is -0.497. The van der Waals surface area contributed by atoms with Crippen LogP contribution in [0.4, 0.5) is 5.69 Å². The smallest absolute Gasteiger partial charge is 0.247 e. The van der Waals surface area contributed by atoms with E-state index in [9.17, 15) is 10.1 Å². The van der Waals surface area contributed by atoms with Gasteiger partial charge in [0.25, 0.3) is 0 Å². The van der Waals surface area contributed by atoms with Gasteiger partial charge in [0.15, 0.2) is 0 Å². The number of rotatable bonds is 2. The summed E-state index contributed by atoms with van der Waals surface area (Å²) in [5.74, 6) is 0. The molecule has 1 heterocycles. The maximum atomic E-state index is 10.0. The van der Waals surface area contributed by atoms with Crippen molar-refractivity contribution >= 4 is 5.69 Å². The Morgan fingerprint density at radius 1 is 1.73 bits per heavy atom.